The van der Waals surface area contributed by atoms with Gasteiger partial charge in [0.15, 0.2) is 5.96 Å². The summed E-state index contributed by atoms with van der Waals surface area (Å²) in [6, 6.07) is 4.88. The third-order valence-corrected chi connectivity index (χ3v) is 2.42. The van der Waals surface area contributed by atoms with E-state index >= 15 is 0 Å². The molecule has 0 aromatic heterocycles. The highest BCUT2D eigenvalue weighted by atomic mass is 16.6. The number of guanidine groups is 1. The van der Waals surface area contributed by atoms with Crippen molar-refractivity contribution in [1.29, 1.82) is 0 Å². The van der Waals surface area contributed by atoms with E-state index in [-0.39, 0.29) is 5.69 Å². The normalized spacial score (nSPS) is 14.2. The monoisotopic (exact) mass is 220 g/mol. The van der Waals surface area contributed by atoms with Gasteiger partial charge >= 0.3 is 0 Å². The van der Waals surface area contributed by atoms with E-state index in [9.17, 15) is 10.1 Å². The predicted octanol–water partition coefficient (Wildman–Crippen LogP) is 1.08. The lowest BCUT2D eigenvalue weighted by Gasteiger charge is -2.03. The van der Waals surface area contributed by atoms with E-state index in [1.807, 2.05) is 0 Å². The van der Waals surface area contributed by atoms with E-state index in [2.05, 4.69) is 15.6 Å². The molecule has 0 unspecified atom stereocenters. The maximum atomic E-state index is 10.7. The van der Waals surface area contributed by atoms with Crippen molar-refractivity contribution < 1.29 is 4.92 Å². The van der Waals surface area contributed by atoms with Crippen LogP contribution in [0.2, 0.25) is 0 Å². The van der Waals surface area contributed by atoms with Crippen LogP contribution in [-0.2, 0) is 0 Å². The first-order valence-electron chi connectivity index (χ1n) is 4.99. The molecule has 0 bridgehead atoms. The van der Waals surface area contributed by atoms with Gasteiger partial charge in [-0.25, -0.2) is 4.99 Å². The van der Waals surface area contributed by atoms with Gasteiger partial charge in [0, 0.05) is 19.2 Å². The standard InChI is InChI=1S/C10H12N4O2/c1-7-8(13-10-11-5-6-12-10)3-2-4-9(7)14(15)16/h2-4H,5-6H2,1H3,(H2,11,12,13). The molecule has 6 heteroatoms. The molecule has 0 atom stereocenters. The summed E-state index contributed by atoms with van der Waals surface area (Å²) < 4.78 is 0. The summed E-state index contributed by atoms with van der Waals surface area (Å²) in [6.45, 7) is 3.35. The smallest absolute Gasteiger partial charge is 0.274 e. The highest BCUT2D eigenvalue weighted by Crippen LogP contribution is 2.27. The Hall–Kier alpha value is -2.11. The minimum absolute atomic E-state index is 0.0971. The maximum absolute atomic E-state index is 10.7. The highest BCUT2D eigenvalue weighted by Gasteiger charge is 2.14. The van der Waals surface area contributed by atoms with E-state index in [0.717, 1.165) is 13.1 Å². The molecule has 1 heterocycles. The third-order valence-electron chi connectivity index (χ3n) is 2.42. The number of nitro groups is 1. The van der Waals surface area contributed by atoms with Crippen molar-refractivity contribution in [2.45, 2.75) is 6.92 Å². The van der Waals surface area contributed by atoms with Crippen LogP contribution in [0.1, 0.15) is 5.56 Å². The van der Waals surface area contributed by atoms with Crippen LogP contribution in [-0.4, -0.2) is 24.0 Å². The Morgan fingerprint density at radius 2 is 2.06 bits per heavy atom. The number of nitrogens with zero attached hydrogens (tertiary/aromatic N) is 2. The molecule has 2 N–H and O–H groups in total. The second kappa shape index (κ2) is 4.18. The number of hydrogen-bond donors (Lipinski definition) is 2. The highest BCUT2D eigenvalue weighted by molar-refractivity contribution is 5.85. The van der Waals surface area contributed by atoms with Crippen LogP contribution in [0.5, 0.6) is 0 Å². The van der Waals surface area contributed by atoms with Crippen molar-refractivity contribution >= 4 is 17.3 Å². The van der Waals surface area contributed by atoms with Crippen LogP contribution in [0.4, 0.5) is 11.4 Å². The Morgan fingerprint density at radius 1 is 1.38 bits per heavy atom. The zero-order valence-electron chi connectivity index (χ0n) is 8.86. The largest absolute Gasteiger partial charge is 0.354 e. The van der Waals surface area contributed by atoms with Gasteiger partial charge < -0.3 is 10.6 Å². The van der Waals surface area contributed by atoms with Gasteiger partial charge in [0.2, 0.25) is 0 Å². The van der Waals surface area contributed by atoms with Crippen LogP contribution in [0.3, 0.4) is 0 Å². The van der Waals surface area contributed by atoms with Gasteiger partial charge in [-0.2, -0.15) is 0 Å². The van der Waals surface area contributed by atoms with Gasteiger partial charge in [-0.3, -0.25) is 10.1 Å². The lowest BCUT2D eigenvalue weighted by molar-refractivity contribution is -0.385. The summed E-state index contributed by atoms with van der Waals surface area (Å²) >= 11 is 0. The van der Waals surface area contributed by atoms with Crippen LogP contribution in [0, 0.1) is 17.0 Å². The van der Waals surface area contributed by atoms with Crippen molar-refractivity contribution in [3.63, 3.8) is 0 Å². The average molecular weight is 220 g/mol. The first-order valence-corrected chi connectivity index (χ1v) is 4.99. The SMILES string of the molecule is Cc1c(N=C2NCCN2)cccc1[N+](=O)[O-]. The first-order chi connectivity index (χ1) is 7.68. The molecule has 1 aliphatic rings. The molecule has 2 rings (SSSR count). The first kappa shape index (κ1) is 10.4. The number of nitro benzene ring substituents is 1. The van der Waals surface area contributed by atoms with E-state index in [1.165, 1.54) is 6.07 Å². The van der Waals surface area contributed by atoms with Gasteiger partial charge in [-0.05, 0) is 13.0 Å². The van der Waals surface area contributed by atoms with E-state index in [4.69, 9.17) is 0 Å². The number of hydrogen-bond acceptors (Lipinski definition) is 3. The van der Waals surface area contributed by atoms with Gasteiger partial charge in [-0.1, -0.05) is 6.07 Å². The molecular formula is C10H12N4O2. The quantitative estimate of drug-likeness (QED) is 0.577. The Balaban J connectivity index is 2.38. The van der Waals surface area contributed by atoms with E-state index < -0.39 is 4.92 Å². The predicted molar refractivity (Wildman–Crippen MR) is 60.9 cm³/mol. The molecule has 6 nitrogen and oxygen atoms in total. The number of rotatable bonds is 2. The molecule has 84 valence electrons. The molecule has 1 fully saturated rings. The third kappa shape index (κ3) is 1.95. The number of aliphatic imine (C=N–C) groups is 1. The van der Waals surface area contributed by atoms with Crippen molar-refractivity contribution in [3.8, 4) is 0 Å². The molecule has 16 heavy (non-hydrogen) atoms. The number of benzene rings is 1. The van der Waals surface area contributed by atoms with Gasteiger partial charge in [0.05, 0.1) is 16.2 Å². The summed E-state index contributed by atoms with van der Waals surface area (Å²) in [4.78, 5) is 14.6. The molecule has 0 radical (unpaired) electrons. The Labute approximate surface area is 92.5 Å². The molecular weight excluding hydrogens is 208 g/mol. The van der Waals surface area contributed by atoms with Crippen molar-refractivity contribution in [1.82, 2.24) is 10.6 Å². The summed E-state index contributed by atoms with van der Waals surface area (Å²) in [5, 5.41) is 16.8. The number of nitrogens with one attached hydrogen (secondary N) is 2. The van der Waals surface area contributed by atoms with E-state index in [0.29, 0.717) is 17.2 Å². The van der Waals surface area contributed by atoms with Gasteiger partial charge in [-0.15, -0.1) is 0 Å². The fourth-order valence-corrected chi connectivity index (χ4v) is 1.55. The van der Waals surface area contributed by atoms with Crippen molar-refractivity contribution in [2.75, 3.05) is 13.1 Å². The molecule has 0 aliphatic carbocycles. The Morgan fingerprint density at radius 3 is 2.69 bits per heavy atom. The average Bonchev–Trinajstić information content (AvgIpc) is 2.73. The Kier molecular flexibility index (Phi) is 2.72. The fraction of sp³-hybridized carbons (Fsp3) is 0.300. The van der Waals surface area contributed by atoms with Crippen LogP contribution in [0.15, 0.2) is 23.2 Å². The Bertz CT molecular complexity index is 448. The van der Waals surface area contributed by atoms with Crippen LogP contribution >= 0.6 is 0 Å². The van der Waals surface area contributed by atoms with Crippen molar-refractivity contribution in [3.05, 3.63) is 33.9 Å². The van der Waals surface area contributed by atoms with Crippen LogP contribution in [0.25, 0.3) is 0 Å². The minimum atomic E-state index is -0.394. The second-order valence-electron chi connectivity index (χ2n) is 3.49. The minimum Gasteiger partial charge on any atom is -0.354 e. The lowest BCUT2D eigenvalue weighted by Crippen LogP contribution is -2.23. The summed E-state index contributed by atoms with van der Waals surface area (Å²) in [6.07, 6.45) is 0. The maximum Gasteiger partial charge on any atom is 0.274 e. The zero-order chi connectivity index (χ0) is 11.5. The molecule has 0 amide bonds. The molecule has 1 aromatic carbocycles. The summed E-state index contributed by atoms with van der Waals surface area (Å²) in [5.74, 6) is 0.670. The summed E-state index contributed by atoms with van der Waals surface area (Å²) in [7, 11) is 0. The topological polar surface area (TPSA) is 79.6 Å². The molecule has 1 aliphatic heterocycles. The second-order valence-corrected chi connectivity index (χ2v) is 3.49. The van der Waals surface area contributed by atoms with Gasteiger partial charge in [0.25, 0.3) is 5.69 Å². The fourth-order valence-electron chi connectivity index (χ4n) is 1.55. The van der Waals surface area contributed by atoms with E-state index in [1.54, 1.807) is 19.1 Å². The molecule has 0 spiro atoms. The zero-order valence-corrected chi connectivity index (χ0v) is 8.86. The molecule has 1 saturated heterocycles. The lowest BCUT2D eigenvalue weighted by atomic mass is 10.1. The molecule has 1 aromatic rings. The van der Waals surface area contributed by atoms with Crippen molar-refractivity contribution in [2.24, 2.45) is 4.99 Å². The van der Waals surface area contributed by atoms with Gasteiger partial charge in [0.1, 0.15) is 0 Å². The summed E-state index contributed by atoms with van der Waals surface area (Å²) in [5.41, 5.74) is 1.29. The van der Waals surface area contributed by atoms with Crippen LogP contribution < -0.4 is 10.6 Å². The molecule has 0 saturated carbocycles.